The largest absolute Gasteiger partial charge is 0.329 e. The lowest BCUT2D eigenvalue weighted by molar-refractivity contribution is 0.0286. The number of halogens is 2. The van der Waals surface area contributed by atoms with Crippen molar-refractivity contribution >= 4 is 11.6 Å². The van der Waals surface area contributed by atoms with Crippen LogP contribution in [0.2, 0.25) is 5.02 Å². The molecule has 5 heteroatoms. The SMILES string of the molecule is CC1CN2CCCC2CN1C(CN)c1c(F)cccc1Cl. The first-order valence-electron chi connectivity index (χ1n) is 7.75. The molecule has 0 radical (unpaired) electrons. The minimum absolute atomic E-state index is 0.142. The van der Waals surface area contributed by atoms with E-state index >= 15 is 0 Å². The molecule has 2 fully saturated rings. The van der Waals surface area contributed by atoms with Crippen molar-refractivity contribution in [2.24, 2.45) is 5.73 Å². The van der Waals surface area contributed by atoms with Gasteiger partial charge in [-0.3, -0.25) is 9.80 Å². The molecule has 3 rings (SSSR count). The first-order chi connectivity index (χ1) is 10.1. The van der Waals surface area contributed by atoms with Crippen LogP contribution in [-0.2, 0) is 0 Å². The first-order valence-corrected chi connectivity index (χ1v) is 8.13. The van der Waals surface area contributed by atoms with Gasteiger partial charge in [0.2, 0.25) is 0 Å². The summed E-state index contributed by atoms with van der Waals surface area (Å²) in [5, 5.41) is 0.478. The van der Waals surface area contributed by atoms with Crippen LogP contribution in [0.5, 0.6) is 0 Å². The van der Waals surface area contributed by atoms with Gasteiger partial charge in [-0.1, -0.05) is 17.7 Å². The Labute approximate surface area is 130 Å². The molecule has 0 bridgehead atoms. The molecule has 3 atom stereocenters. The van der Waals surface area contributed by atoms with Crippen molar-refractivity contribution < 1.29 is 4.39 Å². The van der Waals surface area contributed by atoms with E-state index in [2.05, 4.69) is 16.7 Å². The predicted molar refractivity (Wildman–Crippen MR) is 84.0 cm³/mol. The van der Waals surface area contributed by atoms with E-state index in [1.165, 1.54) is 25.5 Å². The molecule has 0 aromatic heterocycles. The molecule has 2 aliphatic heterocycles. The van der Waals surface area contributed by atoms with E-state index < -0.39 is 0 Å². The van der Waals surface area contributed by atoms with Crippen molar-refractivity contribution in [3.63, 3.8) is 0 Å². The van der Waals surface area contributed by atoms with Crippen LogP contribution in [0.15, 0.2) is 18.2 Å². The van der Waals surface area contributed by atoms with E-state index in [0.29, 0.717) is 29.2 Å². The molecule has 0 saturated carbocycles. The van der Waals surface area contributed by atoms with Crippen molar-refractivity contribution in [3.8, 4) is 0 Å². The third-order valence-electron chi connectivity index (χ3n) is 4.94. The third-order valence-corrected chi connectivity index (χ3v) is 5.27. The molecule has 0 amide bonds. The number of fused-ring (bicyclic) bond motifs is 1. The van der Waals surface area contributed by atoms with E-state index in [-0.39, 0.29) is 11.9 Å². The van der Waals surface area contributed by atoms with E-state index in [1.54, 1.807) is 12.1 Å². The van der Waals surface area contributed by atoms with Crippen molar-refractivity contribution in [1.82, 2.24) is 9.80 Å². The van der Waals surface area contributed by atoms with Crippen LogP contribution in [0.1, 0.15) is 31.4 Å². The van der Waals surface area contributed by atoms with Gasteiger partial charge in [0.05, 0.1) is 6.04 Å². The van der Waals surface area contributed by atoms with Crippen molar-refractivity contribution in [3.05, 3.63) is 34.6 Å². The van der Waals surface area contributed by atoms with E-state index in [1.807, 2.05) is 0 Å². The van der Waals surface area contributed by atoms with Crippen LogP contribution in [0.25, 0.3) is 0 Å². The summed E-state index contributed by atoms with van der Waals surface area (Å²) in [5.41, 5.74) is 6.55. The van der Waals surface area contributed by atoms with Gasteiger partial charge in [0.15, 0.2) is 0 Å². The second-order valence-corrected chi connectivity index (χ2v) is 6.63. The number of hydrogen-bond donors (Lipinski definition) is 1. The van der Waals surface area contributed by atoms with Gasteiger partial charge in [0.1, 0.15) is 5.82 Å². The summed E-state index contributed by atoms with van der Waals surface area (Å²) in [7, 11) is 0. The zero-order valence-corrected chi connectivity index (χ0v) is 13.2. The highest BCUT2D eigenvalue weighted by atomic mass is 35.5. The lowest BCUT2D eigenvalue weighted by atomic mass is 9.99. The molecule has 3 nitrogen and oxygen atoms in total. The Hall–Kier alpha value is -0.680. The molecule has 0 spiro atoms. The fourth-order valence-corrected chi connectivity index (χ4v) is 4.18. The number of hydrogen-bond acceptors (Lipinski definition) is 3. The third kappa shape index (κ3) is 2.82. The number of piperazine rings is 1. The summed E-state index contributed by atoms with van der Waals surface area (Å²) in [5.74, 6) is -0.251. The van der Waals surface area contributed by atoms with Gasteiger partial charge < -0.3 is 5.73 Å². The normalized spacial score (nSPS) is 28.6. The highest BCUT2D eigenvalue weighted by molar-refractivity contribution is 6.31. The van der Waals surface area contributed by atoms with Crippen LogP contribution in [0.3, 0.4) is 0 Å². The number of benzene rings is 1. The molecule has 2 N–H and O–H groups in total. The summed E-state index contributed by atoms with van der Waals surface area (Å²) in [4.78, 5) is 4.90. The van der Waals surface area contributed by atoms with Gasteiger partial charge in [0.25, 0.3) is 0 Å². The molecule has 116 valence electrons. The molecule has 2 saturated heterocycles. The summed E-state index contributed by atoms with van der Waals surface area (Å²) < 4.78 is 14.3. The van der Waals surface area contributed by atoms with E-state index in [4.69, 9.17) is 17.3 Å². The van der Waals surface area contributed by atoms with Crippen LogP contribution in [-0.4, -0.2) is 48.1 Å². The predicted octanol–water partition coefficient (Wildman–Crippen LogP) is 2.65. The Kier molecular flexibility index (Phi) is 4.50. The first kappa shape index (κ1) is 15.2. The van der Waals surface area contributed by atoms with Crippen molar-refractivity contribution in [2.75, 3.05) is 26.2 Å². The lowest BCUT2D eigenvalue weighted by Crippen LogP contribution is -2.56. The number of rotatable bonds is 3. The van der Waals surface area contributed by atoms with E-state index in [9.17, 15) is 4.39 Å². The van der Waals surface area contributed by atoms with Gasteiger partial charge in [0, 0.05) is 42.3 Å². The van der Waals surface area contributed by atoms with Crippen LogP contribution in [0, 0.1) is 5.82 Å². The fourth-order valence-electron chi connectivity index (χ4n) is 3.89. The molecule has 1 aromatic carbocycles. The second kappa shape index (κ2) is 6.21. The highest BCUT2D eigenvalue weighted by Gasteiger charge is 2.38. The summed E-state index contributed by atoms with van der Waals surface area (Å²) in [6.07, 6.45) is 2.49. The summed E-state index contributed by atoms with van der Waals surface area (Å²) in [6.45, 7) is 5.77. The van der Waals surface area contributed by atoms with Gasteiger partial charge in [-0.05, 0) is 38.4 Å². The van der Waals surface area contributed by atoms with Crippen LogP contribution < -0.4 is 5.73 Å². The van der Waals surface area contributed by atoms with Gasteiger partial charge >= 0.3 is 0 Å². The molecule has 21 heavy (non-hydrogen) atoms. The molecule has 1 aromatic rings. The Morgan fingerprint density at radius 2 is 2.24 bits per heavy atom. The zero-order valence-electron chi connectivity index (χ0n) is 12.4. The molecule has 3 unspecified atom stereocenters. The maximum atomic E-state index is 14.3. The molecule has 2 aliphatic rings. The second-order valence-electron chi connectivity index (χ2n) is 6.22. The fraction of sp³-hybridized carbons (Fsp3) is 0.625. The Morgan fingerprint density at radius 1 is 1.43 bits per heavy atom. The Balaban J connectivity index is 1.89. The number of nitrogens with two attached hydrogens (primary N) is 1. The molecule has 0 aliphatic carbocycles. The number of nitrogens with zero attached hydrogens (tertiary/aromatic N) is 2. The zero-order chi connectivity index (χ0) is 15.0. The average molecular weight is 312 g/mol. The molecule has 2 heterocycles. The average Bonchev–Trinajstić information content (AvgIpc) is 2.89. The topological polar surface area (TPSA) is 32.5 Å². The monoisotopic (exact) mass is 311 g/mol. The standard InChI is InChI=1S/C16H23ClFN3/c1-11-9-20-7-3-4-12(20)10-21(11)15(8-19)16-13(17)5-2-6-14(16)18/h2,5-6,11-12,15H,3-4,7-10,19H2,1H3. The maximum Gasteiger partial charge on any atom is 0.129 e. The summed E-state index contributed by atoms with van der Waals surface area (Å²) >= 11 is 6.25. The highest BCUT2D eigenvalue weighted by Crippen LogP contribution is 2.34. The molecular weight excluding hydrogens is 289 g/mol. The summed E-state index contributed by atoms with van der Waals surface area (Å²) in [6, 6.07) is 5.67. The Bertz CT molecular complexity index is 490. The van der Waals surface area contributed by atoms with E-state index in [0.717, 1.165) is 13.1 Å². The Morgan fingerprint density at radius 3 is 2.95 bits per heavy atom. The minimum atomic E-state index is -0.251. The van der Waals surface area contributed by atoms with Crippen LogP contribution >= 0.6 is 11.6 Å². The van der Waals surface area contributed by atoms with Gasteiger partial charge in [-0.15, -0.1) is 0 Å². The molecular formula is C16H23ClFN3. The lowest BCUT2D eigenvalue weighted by Gasteiger charge is -2.46. The minimum Gasteiger partial charge on any atom is -0.329 e. The quantitative estimate of drug-likeness (QED) is 0.931. The van der Waals surface area contributed by atoms with Gasteiger partial charge in [-0.25, -0.2) is 4.39 Å². The van der Waals surface area contributed by atoms with Crippen molar-refractivity contribution in [2.45, 2.75) is 37.9 Å². The van der Waals surface area contributed by atoms with Gasteiger partial charge in [-0.2, -0.15) is 0 Å². The van der Waals surface area contributed by atoms with Crippen LogP contribution in [0.4, 0.5) is 4.39 Å². The smallest absolute Gasteiger partial charge is 0.129 e. The van der Waals surface area contributed by atoms with Crippen molar-refractivity contribution in [1.29, 1.82) is 0 Å². The maximum absolute atomic E-state index is 14.3.